The van der Waals surface area contributed by atoms with Crippen molar-refractivity contribution in [3.63, 3.8) is 0 Å². The van der Waals surface area contributed by atoms with Gasteiger partial charge in [-0.05, 0) is 48.6 Å². The van der Waals surface area contributed by atoms with Crippen LogP contribution in [0.3, 0.4) is 0 Å². The second-order valence-corrected chi connectivity index (χ2v) is 6.61. The first-order valence-corrected chi connectivity index (χ1v) is 8.23. The van der Waals surface area contributed by atoms with Gasteiger partial charge >= 0.3 is 0 Å². The summed E-state index contributed by atoms with van der Waals surface area (Å²) < 4.78 is 0. The van der Waals surface area contributed by atoms with Crippen LogP contribution in [0, 0.1) is 17.8 Å². The second-order valence-electron chi connectivity index (χ2n) is 6.61. The van der Waals surface area contributed by atoms with E-state index in [9.17, 15) is 9.90 Å². The number of aliphatic hydroxyl groups excluding tert-OH is 1. The van der Waals surface area contributed by atoms with Crippen LogP contribution >= 0.6 is 0 Å². The summed E-state index contributed by atoms with van der Waals surface area (Å²) in [6.45, 7) is 0.992. The number of carbonyl (C=O) groups is 1. The van der Waals surface area contributed by atoms with Gasteiger partial charge in [-0.15, -0.1) is 0 Å². The van der Waals surface area contributed by atoms with Crippen molar-refractivity contribution in [2.45, 2.75) is 38.5 Å². The van der Waals surface area contributed by atoms with Crippen molar-refractivity contribution in [1.29, 1.82) is 0 Å². The number of hydrogen-bond acceptors (Lipinski definition) is 2. The molecule has 0 radical (unpaired) electrons. The van der Waals surface area contributed by atoms with Crippen molar-refractivity contribution in [2.75, 3.05) is 13.2 Å². The van der Waals surface area contributed by atoms with E-state index in [2.05, 4.69) is 17.4 Å². The Hall–Kier alpha value is -1.35. The van der Waals surface area contributed by atoms with Gasteiger partial charge in [0.05, 0.1) is 0 Å². The van der Waals surface area contributed by atoms with Gasteiger partial charge in [0.25, 0.3) is 0 Å². The highest BCUT2D eigenvalue weighted by Gasteiger charge is 2.29. The van der Waals surface area contributed by atoms with Gasteiger partial charge in [-0.1, -0.05) is 37.1 Å². The zero-order valence-electron chi connectivity index (χ0n) is 12.6. The highest BCUT2D eigenvalue weighted by Crippen LogP contribution is 2.30. The van der Waals surface area contributed by atoms with Crippen LogP contribution in [0.4, 0.5) is 0 Å². The predicted octanol–water partition coefficient (Wildman–Crippen LogP) is 2.32. The molecule has 2 atom stereocenters. The lowest BCUT2D eigenvalue weighted by Gasteiger charge is -2.30. The molecular formula is C18H25NO2. The topological polar surface area (TPSA) is 49.3 Å². The Morgan fingerprint density at radius 3 is 2.33 bits per heavy atom. The minimum absolute atomic E-state index is 0.0959. The van der Waals surface area contributed by atoms with E-state index < -0.39 is 0 Å². The van der Waals surface area contributed by atoms with Crippen molar-refractivity contribution in [2.24, 2.45) is 17.8 Å². The number of amides is 1. The zero-order chi connectivity index (χ0) is 14.7. The average molecular weight is 287 g/mol. The number of aliphatic hydroxyl groups is 1. The lowest BCUT2D eigenvalue weighted by molar-refractivity contribution is -0.125. The summed E-state index contributed by atoms with van der Waals surface area (Å²) in [6.07, 6.45) is 6.42. The predicted molar refractivity (Wildman–Crippen MR) is 82.9 cm³/mol. The average Bonchev–Trinajstić information content (AvgIpc) is 2.97. The van der Waals surface area contributed by atoms with E-state index in [4.69, 9.17) is 0 Å². The molecule has 3 rings (SSSR count). The fourth-order valence-electron chi connectivity index (χ4n) is 3.91. The van der Waals surface area contributed by atoms with Gasteiger partial charge in [0.2, 0.25) is 5.91 Å². The molecule has 3 heteroatoms. The van der Waals surface area contributed by atoms with Crippen molar-refractivity contribution < 1.29 is 9.90 Å². The first-order chi connectivity index (χ1) is 10.3. The van der Waals surface area contributed by atoms with Gasteiger partial charge < -0.3 is 10.4 Å². The maximum Gasteiger partial charge on any atom is 0.223 e. The van der Waals surface area contributed by atoms with E-state index in [0.29, 0.717) is 11.8 Å². The molecule has 2 unspecified atom stereocenters. The Labute approximate surface area is 126 Å². The molecule has 2 aliphatic rings. The smallest absolute Gasteiger partial charge is 0.223 e. The van der Waals surface area contributed by atoms with Gasteiger partial charge in [-0.3, -0.25) is 4.79 Å². The number of benzene rings is 1. The number of nitrogens with one attached hydrogen (secondary N) is 1. The molecule has 0 bridgehead atoms. The summed E-state index contributed by atoms with van der Waals surface area (Å²) in [7, 11) is 0. The fraction of sp³-hybridized carbons (Fsp3) is 0.611. The molecule has 3 nitrogen and oxygen atoms in total. The molecule has 1 aromatic carbocycles. The normalized spacial score (nSPS) is 25.6. The first kappa shape index (κ1) is 14.6. The molecule has 0 aromatic heterocycles. The van der Waals surface area contributed by atoms with Gasteiger partial charge in [0.1, 0.15) is 0 Å². The lowest BCUT2D eigenvalue weighted by atomic mass is 9.79. The molecule has 2 N–H and O–H groups in total. The first-order valence-electron chi connectivity index (χ1n) is 8.23. The van der Waals surface area contributed by atoms with Crippen LogP contribution in [0.1, 0.15) is 36.8 Å². The summed E-state index contributed by atoms with van der Waals surface area (Å²) in [5, 5.41) is 12.6. The molecule has 0 heterocycles. The fourth-order valence-corrected chi connectivity index (χ4v) is 3.91. The monoisotopic (exact) mass is 287 g/mol. The molecule has 0 spiro atoms. The van der Waals surface area contributed by atoms with Gasteiger partial charge in [-0.2, -0.15) is 0 Å². The van der Waals surface area contributed by atoms with E-state index in [-0.39, 0.29) is 18.4 Å². The highest BCUT2D eigenvalue weighted by atomic mass is 16.3. The minimum atomic E-state index is 0.0959. The summed E-state index contributed by atoms with van der Waals surface area (Å²) >= 11 is 0. The molecule has 1 fully saturated rings. The lowest BCUT2D eigenvalue weighted by Crippen LogP contribution is -2.38. The third-order valence-electron chi connectivity index (χ3n) is 5.26. The van der Waals surface area contributed by atoms with Crippen LogP contribution in [0.15, 0.2) is 24.3 Å². The van der Waals surface area contributed by atoms with E-state index in [0.717, 1.165) is 32.2 Å². The maximum atomic E-state index is 12.4. The zero-order valence-corrected chi connectivity index (χ0v) is 12.6. The highest BCUT2D eigenvalue weighted by molar-refractivity contribution is 5.80. The Morgan fingerprint density at radius 1 is 1.10 bits per heavy atom. The number of hydrogen-bond donors (Lipinski definition) is 2. The van der Waals surface area contributed by atoms with Crippen molar-refractivity contribution in [1.82, 2.24) is 5.32 Å². The number of rotatable bonds is 4. The molecule has 1 saturated carbocycles. The number of carbonyl (C=O) groups excluding carboxylic acids is 1. The summed E-state index contributed by atoms with van der Waals surface area (Å²) in [6, 6.07) is 8.36. The summed E-state index contributed by atoms with van der Waals surface area (Å²) in [5.41, 5.74) is 2.65. The molecule has 1 amide bonds. The second kappa shape index (κ2) is 6.61. The Morgan fingerprint density at radius 2 is 1.71 bits per heavy atom. The van der Waals surface area contributed by atoms with E-state index >= 15 is 0 Å². The summed E-state index contributed by atoms with van der Waals surface area (Å²) in [5.74, 6) is 1.11. The quantitative estimate of drug-likeness (QED) is 0.893. The van der Waals surface area contributed by atoms with E-state index in [1.807, 2.05) is 12.1 Å². The van der Waals surface area contributed by atoms with Crippen LogP contribution in [-0.4, -0.2) is 24.2 Å². The molecule has 114 valence electrons. The summed E-state index contributed by atoms with van der Waals surface area (Å²) in [4.78, 5) is 12.4. The Balaban J connectivity index is 1.51. The molecule has 0 saturated heterocycles. The van der Waals surface area contributed by atoms with Crippen LogP contribution in [-0.2, 0) is 17.6 Å². The molecule has 0 aliphatic heterocycles. The molecule has 21 heavy (non-hydrogen) atoms. The third-order valence-corrected chi connectivity index (χ3v) is 5.26. The minimum Gasteiger partial charge on any atom is -0.396 e. The van der Waals surface area contributed by atoms with Gasteiger partial charge in [0, 0.05) is 19.1 Å². The van der Waals surface area contributed by atoms with Gasteiger partial charge in [-0.25, -0.2) is 0 Å². The van der Waals surface area contributed by atoms with Crippen molar-refractivity contribution in [3.8, 4) is 0 Å². The maximum absolute atomic E-state index is 12.4. The van der Waals surface area contributed by atoms with E-state index in [1.165, 1.54) is 24.0 Å². The third kappa shape index (κ3) is 3.29. The van der Waals surface area contributed by atoms with Crippen molar-refractivity contribution >= 4 is 5.91 Å². The van der Waals surface area contributed by atoms with Gasteiger partial charge in [0.15, 0.2) is 0 Å². The van der Waals surface area contributed by atoms with Crippen LogP contribution < -0.4 is 5.32 Å². The molecular weight excluding hydrogens is 262 g/mol. The number of fused-ring (bicyclic) bond motifs is 1. The Kier molecular flexibility index (Phi) is 4.59. The molecule has 1 aromatic rings. The Bertz CT molecular complexity index is 475. The van der Waals surface area contributed by atoms with Crippen LogP contribution in [0.25, 0.3) is 0 Å². The standard InChI is InChI=1S/C18H25NO2/c20-12-16-8-4-3-7-15(16)11-19-18(21)17-9-13-5-1-2-6-14(13)10-17/h1-2,5-6,15-17,20H,3-4,7-12H2,(H,19,21). The molecule has 2 aliphatic carbocycles. The van der Waals surface area contributed by atoms with Crippen LogP contribution in [0.2, 0.25) is 0 Å². The SMILES string of the molecule is O=C(NCC1CCCCC1CO)C1Cc2ccccc2C1. The van der Waals surface area contributed by atoms with E-state index in [1.54, 1.807) is 0 Å². The largest absolute Gasteiger partial charge is 0.396 e. The van der Waals surface area contributed by atoms with Crippen LogP contribution in [0.5, 0.6) is 0 Å². The van der Waals surface area contributed by atoms with Crippen molar-refractivity contribution in [3.05, 3.63) is 35.4 Å².